The zero-order chi connectivity index (χ0) is 25.4. The fraction of sp³-hybridized carbons (Fsp3) is 0.348. The van der Waals surface area contributed by atoms with Gasteiger partial charge in [0.05, 0.1) is 62.0 Å². The largest absolute Gasteiger partial charge is 0.419 e. The number of aromatic nitrogens is 3. The van der Waals surface area contributed by atoms with E-state index in [1.165, 1.54) is 17.1 Å². The minimum atomic E-state index is -4.89. The monoisotopic (exact) mass is 509 g/mol. The number of nitrogens with zero attached hydrogens (tertiary/aromatic N) is 4. The first-order valence-corrected chi connectivity index (χ1v) is 11.0. The molecular weight excluding hydrogens is 489 g/mol. The molecule has 3 aliphatic rings. The van der Waals surface area contributed by atoms with Gasteiger partial charge in [-0.2, -0.15) is 13.2 Å². The number of amides is 1. The summed E-state index contributed by atoms with van der Waals surface area (Å²) < 4.78 is 80.3. The summed E-state index contributed by atoms with van der Waals surface area (Å²) in [6.07, 6.45) is -1.41. The lowest BCUT2D eigenvalue weighted by Crippen LogP contribution is -2.49. The molecule has 1 N–H and O–H groups in total. The third kappa shape index (κ3) is 4.88. The van der Waals surface area contributed by atoms with Crippen molar-refractivity contribution in [3.63, 3.8) is 0 Å². The molecule has 5 heterocycles. The molecule has 0 aliphatic carbocycles. The van der Waals surface area contributed by atoms with E-state index in [2.05, 4.69) is 15.3 Å². The number of rotatable bonds is 5. The molecule has 1 amide bonds. The number of ether oxygens (including phenoxy) is 2. The molecule has 1 aromatic carbocycles. The maximum atomic E-state index is 14.8. The highest BCUT2D eigenvalue weighted by atomic mass is 19.4. The van der Waals surface area contributed by atoms with Crippen LogP contribution in [-0.4, -0.2) is 59.0 Å². The van der Waals surface area contributed by atoms with E-state index >= 15 is 0 Å². The van der Waals surface area contributed by atoms with E-state index in [9.17, 15) is 26.7 Å². The number of pyridine rings is 1. The lowest BCUT2D eigenvalue weighted by Gasteiger charge is -2.35. The predicted octanol–water partition coefficient (Wildman–Crippen LogP) is 3.35. The van der Waals surface area contributed by atoms with Gasteiger partial charge < -0.3 is 19.7 Å². The summed E-state index contributed by atoms with van der Waals surface area (Å²) in [5.74, 6) is -2.58. The van der Waals surface area contributed by atoms with E-state index in [1.807, 2.05) is 4.90 Å². The van der Waals surface area contributed by atoms with Gasteiger partial charge in [0, 0.05) is 12.6 Å². The average molecular weight is 509 g/mol. The number of hydrogen-bond donors (Lipinski definition) is 1. The van der Waals surface area contributed by atoms with Crippen LogP contribution in [0.4, 0.5) is 33.5 Å². The van der Waals surface area contributed by atoms with E-state index in [-0.39, 0.29) is 23.7 Å². The van der Waals surface area contributed by atoms with E-state index in [0.717, 1.165) is 18.2 Å². The van der Waals surface area contributed by atoms with Gasteiger partial charge in [0.15, 0.2) is 11.6 Å². The highest BCUT2D eigenvalue weighted by molar-refractivity contribution is 5.92. The number of imidazole rings is 1. The normalized spacial score (nSPS) is 19.9. The summed E-state index contributed by atoms with van der Waals surface area (Å²) in [5, 5.41) is 2.33. The molecule has 13 heteroatoms. The molecule has 2 atom stereocenters. The van der Waals surface area contributed by atoms with Crippen molar-refractivity contribution in [3.8, 4) is 5.82 Å². The van der Waals surface area contributed by atoms with Crippen molar-refractivity contribution in [3.05, 3.63) is 65.7 Å². The van der Waals surface area contributed by atoms with E-state index in [4.69, 9.17) is 9.47 Å². The summed E-state index contributed by atoms with van der Waals surface area (Å²) in [6.45, 7) is 2.09. The first-order valence-electron chi connectivity index (χ1n) is 11.0. The highest BCUT2D eigenvalue weighted by Gasteiger charge is 2.35. The minimum absolute atomic E-state index is 0.0100. The number of hydrogen-bond acceptors (Lipinski definition) is 6. The molecule has 36 heavy (non-hydrogen) atoms. The van der Waals surface area contributed by atoms with Crippen LogP contribution in [-0.2, 0) is 26.9 Å². The van der Waals surface area contributed by atoms with Gasteiger partial charge in [-0.25, -0.2) is 18.7 Å². The molecule has 190 valence electrons. The number of fused-ring (bicyclic) bond motifs is 4. The Balaban J connectivity index is 1.28. The molecule has 3 saturated heterocycles. The van der Waals surface area contributed by atoms with E-state index < -0.39 is 41.3 Å². The van der Waals surface area contributed by atoms with Gasteiger partial charge in [-0.1, -0.05) is 12.1 Å². The number of halogens is 5. The van der Waals surface area contributed by atoms with Crippen LogP contribution in [0.1, 0.15) is 11.1 Å². The van der Waals surface area contributed by atoms with Crippen molar-refractivity contribution in [2.45, 2.75) is 24.7 Å². The summed E-state index contributed by atoms with van der Waals surface area (Å²) in [5.41, 5.74) is -1.93. The maximum absolute atomic E-state index is 14.8. The molecule has 8 nitrogen and oxygen atoms in total. The quantitative estimate of drug-likeness (QED) is 0.532. The standard InChI is InChI=1S/C23H20F5N5O3/c24-18-5-14(31-20(34)4-13-2-1-3-17(21(13)25)23(26,27)28)6-29-22(18)32-8-19(30-12-32)33-7-16-11-35-9-15(33)10-36-16/h1-3,5-6,8,12,15-16H,4,7,9-11H2,(H,31,34). The van der Waals surface area contributed by atoms with Crippen LogP contribution >= 0.6 is 0 Å². The van der Waals surface area contributed by atoms with Crippen LogP contribution in [0.5, 0.6) is 0 Å². The fourth-order valence-electron chi connectivity index (χ4n) is 4.19. The van der Waals surface area contributed by atoms with Crippen molar-refractivity contribution in [1.82, 2.24) is 14.5 Å². The Morgan fingerprint density at radius 3 is 2.78 bits per heavy atom. The van der Waals surface area contributed by atoms with Gasteiger partial charge in [0.2, 0.25) is 5.91 Å². The molecular formula is C23H20F5N5O3. The molecule has 0 saturated carbocycles. The topological polar surface area (TPSA) is 81.5 Å². The average Bonchev–Trinajstić information content (AvgIpc) is 3.07. The number of carbonyl (C=O) groups excluding carboxylic acids is 1. The summed E-state index contributed by atoms with van der Waals surface area (Å²) in [6, 6.07) is 3.69. The number of benzene rings is 1. The summed E-state index contributed by atoms with van der Waals surface area (Å²) >= 11 is 0. The Morgan fingerprint density at radius 2 is 2.00 bits per heavy atom. The number of morpholine rings is 1. The second-order valence-corrected chi connectivity index (χ2v) is 8.47. The maximum Gasteiger partial charge on any atom is 0.419 e. The predicted molar refractivity (Wildman–Crippen MR) is 117 cm³/mol. The lowest BCUT2D eigenvalue weighted by molar-refractivity contribution is -0.140. The van der Waals surface area contributed by atoms with Crippen molar-refractivity contribution >= 4 is 17.4 Å². The zero-order valence-electron chi connectivity index (χ0n) is 18.6. The molecule has 3 aromatic rings. The SMILES string of the molecule is O=C(Cc1cccc(C(F)(F)F)c1F)Nc1cnc(-n2cnc(N3CC4COCC3CO4)c2)c(F)c1. The number of nitrogens with one attached hydrogen (secondary N) is 1. The van der Waals surface area contributed by atoms with Crippen molar-refractivity contribution in [2.24, 2.45) is 0 Å². The Kier molecular flexibility index (Phi) is 6.35. The summed E-state index contributed by atoms with van der Waals surface area (Å²) in [4.78, 5) is 22.7. The van der Waals surface area contributed by atoms with Crippen LogP contribution in [0.15, 0.2) is 43.0 Å². The fourth-order valence-corrected chi connectivity index (χ4v) is 4.19. The number of anilines is 2. The third-order valence-electron chi connectivity index (χ3n) is 5.93. The Labute approximate surface area is 201 Å². The van der Waals surface area contributed by atoms with Crippen LogP contribution < -0.4 is 10.2 Å². The van der Waals surface area contributed by atoms with Gasteiger partial charge in [0.1, 0.15) is 18.0 Å². The van der Waals surface area contributed by atoms with Gasteiger partial charge in [0.25, 0.3) is 0 Å². The molecule has 2 bridgehead atoms. The molecule has 3 aliphatic heterocycles. The highest BCUT2D eigenvalue weighted by Crippen LogP contribution is 2.32. The molecule has 3 fully saturated rings. The zero-order valence-corrected chi connectivity index (χ0v) is 18.6. The number of alkyl halides is 3. The smallest absolute Gasteiger partial charge is 0.376 e. The lowest BCUT2D eigenvalue weighted by atomic mass is 10.1. The van der Waals surface area contributed by atoms with E-state index in [0.29, 0.717) is 38.2 Å². The van der Waals surface area contributed by atoms with Crippen LogP contribution in [0.3, 0.4) is 0 Å². The molecule has 2 unspecified atom stereocenters. The first kappa shape index (κ1) is 24.1. The first-order chi connectivity index (χ1) is 17.2. The molecule has 0 radical (unpaired) electrons. The Bertz CT molecular complexity index is 1280. The molecule has 0 spiro atoms. The van der Waals surface area contributed by atoms with Crippen LogP contribution in [0.2, 0.25) is 0 Å². The van der Waals surface area contributed by atoms with Gasteiger partial charge in [-0.05, 0) is 11.6 Å². The number of carbonyl (C=O) groups is 1. The summed E-state index contributed by atoms with van der Waals surface area (Å²) in [7, 11) is 0. The van der Waals surface area contributed by atoms with Gasteiger partial charge in [-0.3, -0.25) is 9.36 Å². The van der Waals surface area contributed by atoms with Gasteiger partial charge >= 0.3 is 6.18 Å². The van der Waals surface area contributed by atoms with Crippen molar-refractivity contribution < 1.29 is 36.2 Å². The second kappa shape index (κ2) is 9.47. The van der Waals surface area contributed by atoms with Crippen molar-refractivity contribution in [2.75, 3.05) is 36.6 Å². The van der Waals surface area contributed by atoms with Crippen LogP contribution in [0.25, 0.3) is 5.82 Å². The molecule has 6 rings (SSSR count). The van der Waals surface area contributed by atoms with Crippen molar-refractivity contribution in [1.29, 1.82) is 0 Å². The van der Waals surface area contributed by atoms with Gasteiger partial charge in [-0.15, -0.1) is 0 Å². The molecule has 2 aromatic heterocycles. The second-order valence-electron chi connectivity index (χ2n) is 8.47. The van der Waals surface area contributed by atoms with E-state index in [1.54, 1.807) is 6.20 Å². The Morgan fingerprint density at radius 1 is 1.17 bits per heavy atom. The third-order valence-corrected chi connectivity index (χ3v) is 5.93. The van der Waals surface area contributed by atoms with Crippen LogP contribution in [0, 0.1) is 11.6 Å². The Hall–Kier alpha value is -3.58. The minimum Gasteiger partial charge on any atom is -0.376 e.